The van der Waals surface area contributed by atoms with Crippen molar-refractivity contribution in [3.05, 3.63) is 47.5 Å². The molecule has 0 radical (unpaired) electrons. The summed E-state index contributed by atoms with van der Waals surface area (Å²) in [6, 6.07) is 7.20. The second-order valence-electron chi connectivity index (χ2n) is 7.90. The minimum Gasteiger partial charge on any atom is -0.465 e. The molecule has 0 atom stereocenters. The first-order valence-electron chi connectivity index (χ1n) is 10.8. The van der Waals surface area contributed by atoms with Crippen LogP contribution in [-0.2, 0) is 20.8 Å². The first kappa shape index (κ1) is 26.7. The summed E-state index contributed by atoms with van der Waals surface area (Å²) in [5, 5.41) is 0. The molecule has 0 aromatic heterocycles. The van der Waals surface area contributed by atoms with E-state index in [1.807, 2.05) is 18.7 Å². The van der Waals surface area contributed by atoms with E-state index in [-0.39, 0.29) is 16.0 Å². The average Bonchev–Trinajstić information content (AvgIpc) is 2.76. The van der Waals surface area contributed by atoms with Crippen LogP contribution in [0.5, 0.6) is 0 Å². The summed E-state index contributed by atoms with van der Waals surface area (Å²) in [6.45, 7) is 5.28. The maximum absolute atomic E-state index is 13.1. The number of hydrogen-bond donors (Lipinski definition) is 0. The largest absolute Gasteiger partial charge is 0.465 e. The summed E-state index contributed by atoms with van der Waals surface area (Å²) in [4.78, 5) is 14.2. The summed E-state index contributed by atoms with van der Waals surface area (Å²) in [6.07, 6.45) is -0.0470. The Labute approximate surface area is 193 Å². The Balaban J connectivity index is 2.86. The molecule has 2 rings (SSSR count). The number of anilines is 1. The van der Waals surface area contributed by atoms with Crippen molar-refractivity contribution < 1.29 is 31.1 Å². The van der Waals surface area contributed by atoms with Crippen molar-refractivity contribution in [1.29, 1.82) is 0 Å². The van der Waals surface area contributed by atoms with E-state index >= 15 is 0 Å². The molecule has 0 spiro atoms. The average molecular weight is 486 g/mol. The summed E-state index contributed by atoms with van der Waals surface area (Å²) in [7, 11) is -2.63. The predicted molar refractivity (Wildman–Crippen MR) is 123 cm³/mol. The SMILES string of the molecule is CCCCN(CCCC)c1cc(C(=O)OC)cc(S(C)(=O)=O)c1-c1ccc(C(F)(F)F)cc1. The number of esters is 1. The normalized spacial score (nSPS) is 12.0. The van der Waals surface area contributed by atoms with E-state index < -0.39 is 27.5 Å². The third kappa shape index (κ3) is 6.72. The number of unbranched alkanes of at least 4 members (excludes halogenated alkanes) is 2. The number of carbonyl (C=O) groups is 1. The van der Waals surface area contributed by atoms with Gasteiger partial charge in [0.1, 0.15) is 0 Å². The van der Waals surface area contributed by atoms with Crippen LogP contribution in [0.1, 0.15) is 55.5 Å². The van der Waals surface area contributed by atoms with Crippen LogP contribution in [-0.4, -0.2) is 40.8 Å². The third-order valence-corrected chi connectivity index (χ3v) is 6.43. The maximum atomic E-state index is 13.1. The number of benzene rings is 2. The highest BCUT2D eigenvalue weighted by Crippen LogP contribution is 2.40. The van der Waals surface area contributed by atoms with Crippen LogP contribution in [0, 0.1) is 0 Å². The van der Waals surface area contributed by atoms with Crippen LogP contribution < -0.4 is 4.90 Å². The molecule has 2 aromatic rings. The van der Waals surface area contributed by atoms with Gasteiger partial charge in [0, 0.05) is 30.6 Å². The molecular weight excluding hydrogens is 455 g/mol. The predicted octanol–water partition coefficient (Wildman–Crippen LogP) is 5.97. The number of carbonyl (C=O) groups excluding carboxylic acids is 1. The van der Waals surface area contributed by atoms with Gasteiger partial charge in [-0.1, -0.05) is 38.8 Å². The van der Waals surface area contributed by atoms with Crippen LogP contribution in [0.2, 0.25) is 0 Å². The molecule has 182 valence electrons. The van der Waals surface area contributed by atoms with Crippen molar-refractivity contribution in [3.8, 4) is 11.1 Å². The smallest absolute Gasteiger partial charge is 0.416 e. The monoisotopic (exact) mass is 485 g/mol. The molecule has 33 heavy (non-hydrogen) atoms. The Morgan fingerprint density at radius 1 is 1.00 bits per heavy atom. The first-order chi connectivity index (χ1) is 15.4. The zero-order valence-electron chi connectivity index (χ0n) is 19.3. The quantitative estimate of drug-likeness (QED) is 0.388. The van der Waals surface area contributed by atoms with Crippen LogP contribution in [0.3, 0.4) is 0 Å². The van der Waals surface area contributed by atoms with Gasteiger partial charge < -0.3 is 9.64 Å². The molecular formula is C24H30F3NO4S. The lowest BCUT2D eigenvalue weighted by molar-refractivity contribution is -0.137. The van der Waals surface area contributed by atoms with Crippen LogP contribution in [0.4, 0.5) is 18.9 Å². The van der Waals surface area contributed by atoms with Crippen molar-refractivity contribution >= 4 is 21.5 Å². The van der Waals surface area contributed by atoms with E-state index in [0.29, 0.717) is 24.3 Å². The van der Waals surface area contributed by atoms with Gasteiger partial charge in [-0.05, 0) is 42.7 Å². The molecule has 0 aliphatic carbocycles. The van der Waals surface area contributed by atoms with Crippen LogP contribution in [0.15, 0.2) is 41.3 Å². The fourth-order valence-electron chi connectivity index (χ4n) is 3.54. The molecule has 0 aliphatic rings. The van der Waals surface area contributed by atoms with Gasteiger partial charge in [0.05, 0.1) is 23.1 Å². The van der Waals surface area contributed by atoms with Crippen molar-refractivity contribution in [2.45, 2.75) is 50.6 Å². The zero-order chi connectivity index (χ0) is 24.8. The molecule has 0 N–H and O–H groups in total. The number of sulfone groups is 1. The number of alkyl halides is 3. The number of ether oxygens (including phenoxy) is 1. The van der Waals surface area contributed by atoms with Gasteiger partial charge in [0.25, 0.3) is 0 Å². The Bertz CT molecular complexity index is 1060. The van der Waals surface area contributed by atoms with E-state index in [0.717, 1.165) is 44.1 Å². The third-order valence-electron chi connectivity index (χ3n) is 5.31. The van der Waals surface area contributed by atoms with Gasteiger partial charge in [-0.25, -0.2) is 13.2 Å². The Morgan fingerprint density at radius 3 is 1.97 bits per heavy atom. The maximum Gasteiger partial charge on any atom is 0.416 e. The highest BCUT2D eigenvalue weighted by Gasteiger charge is 2.31. The molecule has 5 nitrogen and oxygen atoms in total. The van der Waals surface area contributed by atoms with Crippen molar-refractivity contribution in [3.63, 3.8) is 0 Å². The van der Waals surface area contributed by atoms with Crippen LogP contribution >= 0.6 is 0 Å². The fraction of sp³-hybridized carbons (Fsp3) is 0.458. The van der Waals surface area contributed by atoms with Gasteiger partial charge in [-0.15, -0.1) is 0 Å². The minimum absolute atomic E-state index is 0.0709. The van der Waals surface area contributed by atoms with Crippen molar-refractivity contribution in [2.24, 2.45) is 0 Å². The summed E-state index contributed by atoms with van der Waals surface area (Å²) >= 11 is 0. The van der Waals surface area contributed by atoms with E-state index in [1.165, 1.54) is 25.3 Å². The topological polar surface area (TPSA) is 63.7 Å². The molecule has 0 bridgehead atoms. The molecule has 0 heterocycles. The first-order valence-corrected chi connectivity index (χ1v) is 12.7. The lowest BCUT2D eigenvalue weighted by Gasteiger charge is -2.29. The van der Waals surface area contributed by atoms with E-state index in [1.54, 1.807) is 6.07 Å². The molecule has 2 aromatic carbocycles. The molecule has 0 unspecified atom stereocenters. The molecule has 9 heteroatoms. The van der Waals surface area contributed by atoms with Crippen molar-refractivity contribution in [2.75, 3.05) is 31.4 Å². The second kappa shape index (κ2) is 11.0. The minimum atomic E-state index is -4.51. The van der Waals surface area contributed by atoms with Gasteiger partial charge in [0.15, 0.2) is 9.84 Å². The van der Waals surface area contributed by atoms with Gasteiger partial charge in [-0.2, -0.15) is 13.2 Å². The second-order valence-corrected chi connectivity index (χ2v) is 9.89. The lowest BCUT2D eigenvalue weighted by atomic mass is 9.98. The van der Waals surface area contributed by atoms with E-state index in [9.17, 15) is 26.4 Å². The molecule has 0 saturated carbocycles. The highest BCUT2D eigenvalue weighted by atomic mass is 32.2. The molecule has 0 aliphatic heterocycles. The summed E-state index contributed by atoms with van der Waals surface area (Å²) in [5.41, 5.74) is 0.342. The van der Waals surface area contributed by atoms with Gasteiger partial charge in [0.2, 0.25) is 0 Å². The highest BCUT2D eigenvalue weighted by molar-refractivity contribution is 7.90. The summed E-state index contributed by atoms with van der Waals surface area (Å²) in [5.74, 6) is -0.689. The Morgan fingerprint density at radius 2 is 1.55 bits per heavy atom. The zero-order valence-corrected chi connectivity index (χ0v) is 20.1. The Hall–Kier alpha value is -2.55. The number of halogens is 3. The van der Waals surface area contributed by atoms with Crippen LogP contribution in [0.25, 0.3) is 11.1 Å². The van der Waals surface area contributed by atoms with E-state index in [4.69, 9.17) is 4.74 Å². The van der Waals surface area contributed by atoms with Gasteiger partial charge in [-0.3, -0.25) is 0 Å². The molecule has 0 saturated heterocycles. The molecule has 0 fully saturated rings. The number of nitrogens with zero attached hydrogens (tertiary/aromatic N) is 1. The van der Waals surface area contributed by atoms with E-state index in [2.05, 4.69) is 0 Å². The Kier molecular flexibility index (Phi) is 8.94. The number of hydrogen-bond acceptors (Lipinski definition) is 5. The summed E-state index contributed by atoms with van der Waals surface area (Å²) < 4.78 is 69.7. The van der Waals surface area contributed by atoms with Crippen molar-refractivity contribution in [1.82, 2.24) is 0 Å². The lowest BCUT2D eigenvalue weighted by Crippen LogP contribution is -2.27. The number of rotatable bonds is 10. The van der Waals surface area contributed by atoms with Gasteiger partial charge >= 0.3 is 12.1 Å². The standard InChI is InChI=1S/C24H30F3NO4S/c1-5-7-13-28(14-8-6-2)20-15-18(23(29)32-3)16-21(33(4,30)31)22(20)17-9-11-19(12-10-17)24(25,26)27/h9-12,15-16H,5-8,13-14H2,1-4H3. The number of methoxy groups -OCH3 is 1. The fourth-order valence-corrected chi connectivity index (χ4v) is 4.48. The molecule has 0 amide bonds.